The van der Waals surface area contributed by atoms with Crippen molar-refractivity contribution in [1.29, 1.82) is 0 Å². The van der Waals surface area contributed by atoms with Gasteiger partial charge in [-0.1, -0.05) is 84.4 Å². The van der Waals surface area contributed by atoms with Crippen LogP contribution < -0.4 is 9.62 Å². The van der Waals surface area contributed by atoms with Crippen molar-refractivity contribution in [3.8, 4) is 0 Å². The summed E-state index contributed by atoms with van der Waals surface area (Å²) >= 11 is 0. The number of nitrogens with one attached hydrogen (secondary N) is 1. The first kappa shape index (κ1) is 35.2. The van der Waals surface area contributed by atoms with Gasteiger partial charge in [0.15, 0.2) is 0 Å². The smallest absolute Gasteiger partial charge is 0.350 e. The zero-order valence-corrected chi connectivity index (χ0v) is 27.5. The highest BCUT2D eigenvalue weighted by Gasteiger charge is 2.37. The average molecular weight is 666 g/mol. The van der Waals surface area contributed by atoms with Crippen LogP contribution in [0.15, 0.2) is 114 Å². The number of rotatable bonds is 11. The van der Waals surface area contributed by atoms with E-state index in [2.05, 4.69) is 5.32 Å². The van der Waals surface area contributed by atoms with Gasteiger partial charge in [0.05, 0.1) is 16.1 Å². The Balaban J connectivity index is 1.85. The van der Waals surface area contributed by atoms with E-state index in [1.807, 2.05) is 61.5 Å². The van der Waals surface area contributed by atoms with E-state index in [0.717, 1.165) is 23.3 Å². The van der Waals surface area contributed by atoms with Gasteiger partial charge >= 0.3 is 6.18 Å². The minimum absolute atomic E-state index is 0.0595. The third kappa shape index (κ3) is 9.45. The molecule has 0 spiro atoms. The van der Waals surface area contributed by atoms with Crippen LogP contribution >= 0.6 is 0 Å². The van der Waals surface area contributed by atoms with Gasteiger partial charge in [-0.05, 0) is 69.2 Å². The highest BCUT2D eigenvalue weighted by atomic mass is 32.2. The molecule has 0 aliphatic carbocycles. The van der Waals surface area contributed by atoms with E-state index in [1.54, 1.807) is 26.8 Å². The zero-order valence-electron chi connectivity index (χ0n) is 26.7. The minimum atomic E-state index is -4.76. The van der Waals surface area contributed by atoms with Crippen LogP contribution in [-0.4, -0.2) is 43.3 Å². The molecule has 0 heterocycles. The van der Waals surface area contributed by atoms with Gasteiger partial charge in [0.25, 0.3) is 10.0 Å². The highest BCUT2D eigenvalue weighted by Crippen LogP contribution is 2.33. The first-order valence-corrected chi connectivity index (χ1v) is 16.4. The van der Waals surface area contributed by atoms with Gasteiger partial charge in [0.1, 0.15) is 12.6 Å². The maximum absolute atomic E-state index is 14.5. The van der Waals surface area contributed by atoms with E-state index >= 15 is 0 Å². The molecular weight excluding hydrogens is 627 g/mol. The summed E-state index contributed by atoms with van der Waals surface area (Å²) in [6.45, 7) is 6.40. The first-order chi connectivity index (χ1) is 22.0. The molecule has 0 aliphatic rings. The molecular formula is C36H38F3N3O4S. The van der Waals surface area contributed by atoms with E-state index in [1.165, 1.54) is 35.2 Å². The average Bonchev–Trinajstić information content (AvgIpc) is 3.02. The van der Waals surface area contributed by atoms with E-state index < -0.39 is 51.7 Å². The summed E-state index contributed by atoms with van der Waals surface area (Å²) in [5, 5.41) is 2.95. The van der Waals surface area contributed by atoms with Gasteiger partial charge in [-0.15, -0.1) is 0 Å². The van der Waals surface area contributed by atoms with Crippen LogP contribution in [0.25, 0.3) is 0 Å². The number of sulfonamides is 1. The molecule has 1 atom stereocenters. The second-order valence-corrected chi connectivity index (χ2v) is 14.2. The van der Waals surface area contributed by atoms with E-state index in [0.29, 0.717) is 15.9 Å². The number of aryl methyl sites for hydroxylation is 1. The maximum Gasteiger partial charge on any atom is 0.416 e. The molecule has 47 heavy (non-hydrogen) atoms. The minimum Gasteiger partial charge on any atom is -0.350 e. The summed E-state index contributed by atoms with van der Waals surface area (Å²) < 4.78 is 70.0. The van der Waals surface area contributed by atoms with Gasteiger partial charge in [-0.25, -0.2) is 8.42 Å². The van der Waals surface area contributed by atoms with Crippen molar-refractivity contribution in [2.24, 2.45) is 0 Å². The maximum atomic E-state index is 14.5. The van der Waals surface area contributed by atoms with Crippen molar-refractivity contribution in [1.82, 2.24) is 10.2 Å². The highest BCUT2D eigenvalue weighted by molar-refractivity contribution is 7.92. The number of nitrogens with zero attached hydrogens (tertiary/aromatic N) is 2. The Morgan fingerprint density at radius 1 is 0.787 bits per heavy atom. The summed E-state index contributed by atoms with van der Waals surface area (Å²) in [6.07, 6.45) is -4.65. The molecule has 0 fully saturated rings. The molecule has 248 valence electrons. The summed E-state index contributed by atoms with van der Waals surface area (Å²) in [7, 11) is -4.54. The Bertz CT molecular complexity index is 1770. The summed E-state index contributed by atoms with van der Waals surface area (Å²) in [6, 6.07) is 26.3. The van der Waals surface area contributed by atoms with E-state index in [4.69, 9.17) is 0 Å². The fourth-order valence-electron chi connectivity index (χ4n) is 4.98. The van der Waals surface area contributed by atoms with Crippen LogP contribution in [0.2, 0.25) is 0 Å². The molecule has 1 N–H and O–H groups in total. The second kappa shape index (κ2) is 14.4. The molecule has 0 saturated carbocycles. The Morgan fingerprint density at radius 2 is 1.38 bits per heavy atom. The van der Waals surface area contributed by atoms with Crippen LogP contribution in [-0.2, 0) is 38.8 Å². The number of amides is 2. The molecule has 0 bridgehead atoms. The number of halogens is 3. The lowest BCUT2D eigenvalue weighted by atomic mass is 10.0. The van der Waals surface area contributed by atoms with Crippen LogP contribution in [0, 0.1) is 6.92 Å². The molecule has 0 radical (unpaired) electrons. The van der Waals surface area contributed by atoms with Gasteiger partial charge in [-0.2, -0.15) is 13.2 Å². The summed E-state index contributed by atoms with van der Waals surface area (Å²) in [5.41, 5.74) is 0.343. The lowest BCUT2D eigenvalue weighted by Crippen LogP contribution is -2.56. The molecule has 4 aromatic rings. The van der Waals surface area contributed by atoms with Crippen molar-refractivity contribution in [3.05, 3.63) is 131 Å². The number of hydrogen-bond acceptors (Lipinski definition) is 4. The van der Waals surface area contributed by atoms with Crippen LogP contribution in [0.5, 0.6) is 0 Å². The van der Waals surface area contributed by atoms with Gasteiger partial charge in [0.2, 0.25) is 11.8 Å². The molecule has 0 saturated heterocycles. The fourth-order valence-corrected chi connectivity index (χ4v) is 6.41. The number of hydrogen-bond donors (Lipinski definition) is 1. The molecule has 4 rings (SSSR count). The van der Waals surface area contributed by atoms with Crippen molar-refractivity contribution >= 4 is 27.5 Å². The van der Waals surface area contributed by atoms with Crippen LogP contribution in [0.1, 0.15) is 43.0 Å². The number of alkyl halides is 3. The van der Waals surface area contributed by atoms with Crippen LogP contribution in [0.4, 0.5) is 18.9 Å². The number of carbonyl (C=O) groups excluding carboxylic acids is 2. The Morgan fingerprint density at radius 3 is 1.96 bits per heavy atom. The lowest BCUT2D eigenvalue weighted by molar-refractivity contribution is -0.140. The number of benzene rings is 4. The zero-order chi connectivity index (χ0) is 34.4. The predicted molar refractivity (Wildman–Crippen MR) is 176 cm³/mol. The number of carbonyl (C=O) groups is 2. The monoisotopic (exact) mass is 665 g/mol. The molecule has 4 aromatic carbocycles. The molecule has 11 heteroatoms. The standard InChI is InChI=1S/C36H38F3N3O4S/c1-26-18-20-28(21-19-26)24-41(32(34(44)40-35(2,3)4)22-27-12-7-5-8-13-27)33(43)25-42(47(45,46)31-16-9-6-10-17-31)30-15-11-14-29(23-30)36(37,38)39/h5-21,23,32H,22,24-25H2,1-4H3,(H,40,44)/t32-/m1/s1. The fraction of sp³-hybridized carbons (Fsp3) is 0.278. The topological polar surface area (TPSA) is 86.8 Å². The van der Waals surface area contributed by atoms with Crippen molar-refractivity contribution in [3.63, 3.8) is 0 Å². The van der Waals surface area contributed by atoms with Gasteiger partial charge < -0.3 is 10.2 Å². The van der Waals surface area contributed by atoms with E-state index in [9.17, 15) is 31.2 Å². The lowest BCUT2D eigenvalue weighted by Gasteiger charge is -2.35. The largest absolute Gasteiger partial charge is 0.416 e. The quantitative estimate of drug-likeness (QED) is 0.192. The predicted octanol–water partition coefficient (Wildman–Crippen LogP) is 6.76. The Labute approximate surface area is 274 Å². The molecule has 0 aromatic heterocycles. The SMILES string of the molecule is Cc1ccc(CN(C(=O)CN(c2cccc(C(F)(F)F)c2)S(=O)(=O)c2ccccc2)[C@H](Cc2ccccc2)C(=O)NC(C)(C)C)cc1. The van der Waals surface area contributed by atoms with Gasteiger partial charge in [-0.3, -0.25) is 13.9 Å². The molecule has 0 unspecified atom stereocenters. The Kier molecular flexibility index (Phi) is 10.8. The first-order valence-electron chi connectivity index (χ1n) is 15.0. The van der Waals surface area contributed by atoms with Gasteiger partial charge in [0, 0.05) is 18.5 Å². The van der Waals surface area contributed by atoms with Crippen molar-refractivity contribution in [2.45, 2.75) is 63.3 Å². The van der Waals surface area contributed by atoms with E-state index in [-0.39, 0.29) is 23.5 Å². The molecule has 2 amide bonds. The van der Waals surface area contributed by atoms with Crippen molar-refractivity contribution < 1.29 is 31.2 Å². The summed E-state index contributed by atoms with van der Waals surface area (Å²) in [5.74, 6) is -1.23. The Hall–Kier alpha value is -4.64. The second-order valence-electron chi connectivity index (χ2n) is 12.3. The summed E-state index contributed by atoms with van der Waals surface area (Å²) in [4.78, 5) is 29.5. The normalized spacial score (nSPS) is 12.7. The molecule has 7 nitrogen and oxygen atoms in total. The molecule has 0 aliphatic heterocycles. The number of anilines is 1. The van der Waals surface area contributed by atoms with Crippen molar-refractivity contribution in [2.75, 3.05) is 10.8 Å². The third-order valence-corrected chi connectivity index (χ3v) is 9.10. The van der Waals surface area contributed by atoms with Crippen LogP contribution in [0.3, 0.4) is 0 Å². The third-order valence-electron chi connectivity index (χ3n) is 7.31.